The Morgan fingerprint density at radius 3 is 2.31 bits per heavy atom. The van der Waals surface area contributed by atoms with E-state index in [1.54, 1.807) is 0 Å². The van der Waals surface area contributed by atoms with Crippen LogP contribution in [0.15, 0.2) is 30.3 Å². The molecular formula is C23H32O3. The Hall–Kier alpha value is -0.900. The molecule has 26 heavy (non-hydrogen) atoms. The topological polar surface area (TPSA) is 27.7 Å². The Morgan fingerprint density at radius 1 is 0.923 bits per heavy atom. The van der Waals surface area contributed by atoms with Gasteiger partial charge in [0.1, 0.15) is 0 Å². The molecule has 1 heterocycles. The summed E-state index contributed by atoms with van der Waals surface area (Å²) in [5, 5.41) is 0. The molecule has 1 saturated heterocycles. The van der Waals surface area contributed by atoms with Gasteiger partial charge in [0.15, 0.2) is 6.29 Å². The maximum absolute atomic E-state index is 6.71. The fraction of sp³-hybridized carbons (Fsp3) is 0.739. The predicted octanol–water partition coefficient (Wildman–Crippen LogP) is 5.08. The molecule has 0 unspecified atom stereocenters. The maximum atomic E-state index is 6.71. The van der Waals surface area contributed by atoms with E-state index in [0.717, 1.165) is 30.6 Å². The first-order valence-electron chi connectivity index (χ1n) is 10.7. The second kappa shape index (κ2) is 7.26. The highest BCUT2D eigenvalue weighted by Gasteiger charge is 2.52. The van der Waals surface area contributed by atoms with Crippen molar-refractivity contribution >= 4 is 0 Å². The van der Waals surface area contributed by atoms with Gasteiger partial charge in [-0.05, 0) is 81.1 Å². The summed E-state index contributed by atoms with van der Waals surface area (Å²) in [5.41, 5.74) is 1.37. The smallest absolute Gasteiger partial charge is 0.158 e. The lowest BCUT2D eigenvalue weighted by atomic mass is 9.54. The van der Waals surface area contributed by atoms with E-state index in [0.29, 0.717) is 13.2 Å². The van der Waals surface area contributed by atoms with E-state index in [1.165, 1.54) is 50.5 Å². The van der Waals surface area contributed by atoms with Crippen LogP contribution in [0.5, 0.6) is 0 Å². The monoisotopic (exact) mass is 356 g/mol. The van der Waals surface area contributed by atoms with Gasteiger partial charge in [-0.15, -0.1) is 0 Å². The Kier molecular flexibility index (Phi) is 4.80. The molecule has 3 heteroatoms. The van der Waals surface area contributed by atoms with Gasteiger partial charge in [-0.2, -0.15) is 0 Å². The van der Waals surface area contributed by atoms with E-state index in [4.69, 9.17) is 14.2 Å². The third kappa shape index (κ3) is 3.72. The van der Waals surface area contributed by atoms with Crippen LogP contribution in [0.2, 0.25) is 0 Å². The van der Waals surface area contributed by atoms with Crippen LogP contribution >= 0.6 is 0 Å². The summed E-state index contributed by atoms with van der Waals surface area (Å²) >= 11 is 0. The molecule has 0 spiro atoms. The van der Waals surface area contributed by atoms with Crippen molar-refractivity contribution in [1.82, 2.24) is 0 Å². The SMILES string of the molecule is c1ccc(COC[C@@H]2CCC[C@@H](OC34CC5CC(CC(C5)C3)C4)O2)cc1. The zero-order chi connectivity index (χ0) is 17.4. The normalized spacial score (nSPS) is 41.5. The van der Waals surface area contributed by atoms with E-state index < -0.39 is 0 Å². The summed E-state index contributed by atoms with van der Waals surface area (Å²) in [7, 11) is 0. The van der Waals surface area contributed by atoms with Crippen molar-refractivity contribution in [3.63, 3.8) is 0 Å². The van der Waals surface area contributed by atoms with Crippen LogP contribution in [0.3, 0.4) is 0 Å². The van der Waals surface area contributed by atoms with Crippen molar-refractivity contribution in [2.75, 3.05) is 6.61 Å². The third-order valence-corrected chi connectivity index (χ3v) is 7.09. The second-order valence-corrected chi connectivity index (χ2v) is 9.34. The molecular weight excluding hydrogens is 324 g/mol. The van der Waals surface area contributed by atoms with E-state index in [1.807, 2.05) is 6.07 Å². The average molecular weight is 357 g/mol. The Bertz CT molecular complexity index is 563. The summed E-state index contributed by atoms with van der Waals surface area (Å²) < 4.78 is 18.9. The van der Waals surface area contributed by atoms with Crippen LogP contribution in [-0.2, 0) is 20.8 Å². The van der Waals surface area contributed by atoms with Crippen LogP contribution in [0.1, 0.15) is 63.4 Å². The molecule has 3 nitrogen and oxygen atoms in total. The molecule has 5 fully saturated rings. The Labute approximate surface area is 157 Å². The molecule has 1 aliphatic heterocycles. The number of hydrogen-bond donors (Lipinski definition) is 0. The zero-order valence-electron chi connectivity index (χ0n) is 15.8. The van der Waals surface area contributed by atoms with Crippen LogP contribution in [0.4, 0.5) is 0 Å². The van der Waals surface area contributed by atoms with Gasteiger partial charge in [-0.25, -0.2) is 0 Å². The minimum Gasteiger partial charge on any atom is -0.374 e. The molecule has 0 amide bonds. The molecule has 2 atom stereocenters. The molecule has 1 aromatic rings. The molecule has 142 valence electrons. The van der Waals surface area contributed by atoms with Crippen LogP contribution in [0, 0.1) is 17.8 Å². The van der Waals surface area contributed by atoms with Gasteiger partial charge >= 0.3 is 0 Å². The molecule has 4 aliphatic carbocycles. The molecule has 4 saturated carbocycles. The van der Waals surface area contributed by atoms with E-state index in [-0.39, 0.29) is 18.0 Å². The molecule has 4 bridgehead atoms. The summed E-state index contributed by atoms with van der Waals surface area (Å²) in [6.07, 6.45) is 11.8. The van der Waals surface area contributed by atoms with Crippen molar-refractivity contribution < 1.29 is 14.2 Å². The minimum atomic E-state index is -0.00896. The number of ether oxygens (including phenoxy) is 3. The van der Waals surface area contributed by atoms with Crippen molar-refractivity contribution in [3.05, 3.63) is 35.9 Å². The zero-order valence-corrected chi connectivity index (χ0v) is 15.8. The van der Waals surface area contributed by atoms with Crippen molar-refractivity contribution in [3.8, 4) is 0 Å². The average Bonchev–Trinajstić information content (AvgIpc) is 2.61. The molecule has 0 aromatic heterocycles. The first-order chi connectivity index (χ1) is 12.8. The molecule has 0 N–H and O–H groups in total. The van der Waals surface area contributed by atoms with Crippen LogP contribution < -0.4 is 0 Å². The lowest BCUT2D eigenvalue weighted by Crippen LogP contribution is -2.54. The summed E-state index contributed by atoms with van der Waals surface area (Å²) in [6, 6.07) is 10.4. The van der Waals surface area contributed by atoms with Crippen molar-refractivity contribution in [1.29, 1.82) is 0 Å². The van der Waals surface area contributed by atoms with E-state index in [9.17, 15) is 0 Å². The third-order valence-electron chi connectivity index (χ3n) is 7.09. The van der Waals surface area contributed by atoms with E-state index >= 15 is 0 Å². The molecule has 5 aliphatic rings. The molecule has 1 aromatic carbocycles. The van der Waals surface area contributed by atoms with Crippen LogP contribution in [0.25, 0.3) is 0 Å². The fourth-order valence-electron chi connectivity index (χ4n) is 6.41. The van der Waals surface area contributed by atoms with Gasteiger partial charge in [-0.1, -0.05) is 30.3 Å². The second-order valence-electron chi connectivity index (χ2n) is 9.34. The number of rotatable bonds is 6. The van der Waals surface area contributed by atoms with Crippen molar-refractivity contribution in [2.24, 2.45) is 17.8 Å². The van der Waals surface area contributed by atoms with Gasteiger partial charge in [0.05, 0.1) is 24.9 Å². The lowest BCUT2D eigenvalue weighted by molar-refractivity contribution is -0.283. The van der Waals surface area contributed by atoms with Gasteiger partial charge in [0, 0.05) is 0 Å². The lowest BCUT2D eigenvalue weighted by Gasteiger charge is -2.57. The standard InChI is InChI=1S/C23H32O3/c1-2-5-17(6-3-1)15-24-16-21-7-4-8-22(25-21)26-23-12-18-9-19(13-23)11-20(10-18)14-23/h1-3,5-6,18-22H,4,7-16H2/t18?,19?,20?,21-,22+,23?/m0/s1. The summed E-state index contributed by atoms with van der Waals surface area (Å²) in [4.78, 5) is 0. The summed E-state index contributed by atoms with van der Waals surface area (Å²) in [5.74, 6) is 2.78. The molecule has 6 rings (SSSR count). The highest BCUT2D eigenvalue weighted by Crippen LogP contribution is 2.57. The predicted molar refractivity (Wildman–Crippen MR) is 101 cm³/mol. The van der Waals surface area contributed by atoms with Gasteiger partial charge in [-0.3, -0.25) is 0 Å². The highest BCUT2D eigenvalue weighted by atomic mass is 16.7. The van der Waals surface area contributed by atoms with Gasteiger partial charge in [0.25, 0.3) is 0 Å². The minimum absolute atomic E-state index is 0.00896. The highest BCUT2D eigenvalue weighted by molar-refractivity contribution is 5.13. The van der Waals surface area contributed by atoms with Crippen molar-refractivity contribution in [2.45, 2.75) is 82.4 Å². The van der Waals surface area contributed by atoms with Crippen LogP contribution in [-0.4, -0.2) is 24.6 Å². The fourth-order valence-corrected chi connectivity index (χ4v) is 6.41. The van der Waals surface area contributed by atoms with E-state index in [2.05, 4.69) is 24.3 Å². The first-order valence-corrected chi connectivity index (χ1v) is 10.7. The van der Waals surface area contributed by atoms with Gasteiger partial charge in [0.2, 0.25) is 0 Å². The number of hydrogen-bond acceptors (Lipinski definition) is 3. The quantitative estimate of drug-likeness (QED) is 0.711. The largest absolute Gasteiger partial charge is 0.374 e. The summed E-state index contributed by atoms with van der Waals surface area (Å²) in [6.45, 7) is 1.34. The maximum Gasteiger partial charge on any atom is 0.158 e. The molecule has 0 radical (unpaired) electrons. The number of benzene rings is 1. The van der Waals surface area contributed by atoms with Gasteiger partial charge < -0.3 is 14.2 Å². The Balaban J connectivity index is 1.13. The Morgan fingerprint density at radius 2 is 1.62 bits per heavy atom. The first kappa shape index (κ1) is 17.2.